The summed E-state index contributed by atoms with van der Waals surface area (Å²) in [5.41, 5.74) is 0.742. The predicted molar refractivity (Wildman–Crippen MR) is 96.1 cm³/mol. The van der Waals surface area contributed by atoms with Crippen LogP contribution in [0.2, 0.25) is 0 Å². The lowest BCUT2D eigenvalue weighted by Gasteiger charge is -2.30. The molecule has 0 unspecified atom stereocenters. The Morgan fingerprint density at radius 3 is 2.82 bits per heavy atom. The molecule has 28 heavy (non-hydrogen) atoms. The van der Waals surface area contributed by atoms with Crippen LogP contribution in [0.1, 0.15) is 5.82 Å². The summed E-state index contributed by atoms with van der Waals surface area (Å²) in [6.45, 7) is 1.47. The molecule has 1 aromatic heterocycles. The number of benzene rings is 1. The minimum absolute atomic E-state index is 0.186. The van der Waals surface area contributed by atoms with Gasteiger partial charge in [-0.3, -0.25) is 9.91 Å². The zero-order valence-corrected chi connectivity index (χ0v) is 15.1. The molecule has 1 amide bonds. The van der Waals surface area contributed by atoms with E-state index in [1.54, 1.807) is 40.1 Å². The minimum Gasteiger partial charge on any atom is -0.441 e. The van der Waals surface area contributed by atoms with Crippen LogP contribution in [0.15, 0.2) is 23.3 Å². The normalized spacial score (nSPS) is 19.5. The number of aromatic nitrogens is 4. The number of amides is 1. The molecule has 0 bridgehead atoms. The number of aliphatic hydroxyl groups is 1. The molecule has 0 aliphatic carbocycles. The summed E-state index contributed by atoms with van der Waals surface area (Å²) >= 11 is 0. The number of cyclic esters (lactones) is 1. The number of hydrazone groups is 1. The van der Waals surface area contributed by atoms with Gasteiger partial charge >= 0.3 is 6.09 Å². The van der Waals surface area contributed by atoms with Gasteiger partial charge in [0.15, 0.2) is 5.82 Å². The van der Waals surface area contributed by atoms with Crippen molar-refractivity contribution in [1.82, 2.24) is 25.2 Å². The molecular weight excluding hydrogens is 371 g/mol. The first kappa shape index (κ1) is 18.1. The third-order valence-corrected chi connectivity index (χ3v) is 4.62. The van der Waals surface area contributed by atoms with Gasteiger partial charge < -0.3 is 14.7 Å². The van der Waals surface area contributed by atoms with Gasteiger partial charge in [0.05, 0.1) is 37.6 Å². The lowest BCUT2D eigenvalue weighted by atomic mass is 10.2. The first-order valence-electron chi connectivity index (χ1n) is 8.70. The molecule has 0 radical (unpaired) electrons. The van der Waals surface area contributed by atoms with E-state index >= 15 is 0 Å². The topological polar surface area (TPSA) is 112 Å². The molecule has 2 aromatic rings. The number of tetrazole rings is 1. The number of carbonyl (C=O) groups is 1. The largest absolute Gasteiger partial charge is 0.441 e. The lowest BCUT2D eigenvalue weighted by Crippen LogP contribution is -2.38. The van der Waals surface area contributed by atoms with Gasteiger partial charge in [-0.25, -0.2) is 13.9 Å². The van der Waals surface area contributed by atoms with Crippen molar-refractivity contribution in [2.45, 2.75) is 12.6 Å². The van der Waals surface area contributed by atoms with Crippen molar-refractivity contribution in [1.29, 1.82) is 0 Å². The number of hydrogen-bond donors (Lipinski definition) is 1. The van der Waals surface area contributed by atoms with E-state index in [0.717, 1.165) is 0 Å². The number of hydrogen-bond acceptors (Lipinski definition) is 9. The molecule has 2 aliphatic rings. The number of aliphatic hydroxyl groups excluding tert-OH is 1. The van der Waals surface area contributed by atoms with E-state index < -0.39 is 18.0 Å². The van der Waals surface area contributed by atoms with Gasteiger partial charge in [0.25, 0.3) is 0 Å². The number of rotatable bonds is 5. The van der Waals surface area contributed by atoms with Crippen molar-refractivity contribution in [2.75, 3.05) is 36.0 Å². The van der Waals surface area contributed by atoms with Gasteiger partial charge in [0.1, 0.15) is 18.3 Å². The second kappa shape index (κ2) is 7.38. The van der Waals surface area contributed by atoms with Crippen LogP contribution in [-0.2, 0) is 18.3 Å². The van der Waals surface area contributed by atoms with Crippen molar-refractivity contribution in [2.24, 2.45) is 12.1 Å². The molecule has 4 rings (SSSR count). The van der Waals surface area contributed by atoms with Crippen LogP contribution in [0.3, 0.4) is 0 Å². The maximum atomic E-state index is 14.7. The highest BCUT2D eigenvalue weighted by atomic mass is 19.1. The Labute approximate surface area is 159 Å². The van der Waals surface area contributed by atoms with Crippen molar-refractivity contribution in [3.63, 3.8) is 0 Å². The Morgan fingerprint density at radius 1 is 1.36 bits per heavy atom. The zero-order chi connectivity index (χ0) is 19.7. The standard InChI is InChI=1S/C16H19FN8O3/c1-22-15(19-20-21-22)8-24-5-4-23(10-18-24)14-3-2-11(6-13(14)17)25-7-12(9-26)28-16(25)27/h2-3,6,10,12,26H,4-5,7-9H2,1H3/t12-/m1/s1. The number of anilines is 2. The van der Waals surface area contributed by atoms with Crippen molar-refractivity contribution < 1.29 is 19.0 Å². The number of carbonyl (C=O) groups excluding carboxylic acids is 1. The van der Waals surface area contributed by atoms with Gasteiger partial charge in [0.2, 0.25) is 0 Å². The Morgan fingerprint density at radius 2 is 2.21 bits per heavy atom. The summed E-state index contributed by atoms with van der Waals surface area (Å²) in [5, 5.41) is 26.5. The number of ether oxygens (including phenoxy) is 1. The maximum absolute atomic E-state index is 14.7. The average Bonchev–Trinajstić information content (AvgIpc) is 3.28. The first-order valence-corrected chi connectivity index (χ1v) is 8.70. The summed E-state index contributed by atoms with van der Waals surface area (Å²) in [7, 11) is 1.76. The van der Waals surface area contributed by atoms with Crippen molar-refractivity contribution in [3.05, 3.63) is 29.8 Å². The molecule has 3 heterocycles. The molecule has 0 spiro atoms. The predicted octanol–water partition coefficient (Wildman–Crippen LogP) is -0.0678. The van der Waals surface area contributed by atoms with E-state index in [1.807, 2.05) is 0 Å². The van der Waals surface area contributed by atoms with Gasteiger partial charge in [0, 0.05) is 13.6 Å². The van der Waals surface area contributed by atoms with Crippen LogP contribution in [0.4, 0.5) is 20.6 Å². The fraction of sp³-hybridized carbons (Fsp3) is 0.438. The van der Waals surface area contributed by atoms with E-state index in [2.05, 4.69) is 20.6 Å². The lowest BCUT2D eigenvalue weighted by molar-refractivity contribution is 0.0963. The molecule has 148 valence electrons. The third kappa shape index (κ3) is 3.45. The molecule has 1 fully saturated rings. The van der Waals surface area contributed by atoms with Crippen LogP contribution in [0.5, 0.6) is 0 Å². The molecule has 1 atom stereocenters. The molecule has 1 N–H and O–H groups in total. The molecule has 1 aromatic carbocycles. The third-order valence-electron chi connectivity index (χ3n) is 4.62. The van der Waals surface area contributed by atoms with E-state index in [4.69, 9.17) is 9.84 Å². The van der Waals surface area contributed by atoms with Crippen LogP contribution < -0.4 is 9.80 Å². The summed E-state index contributed by atoms with van der Waals surface area (Å²) in [4.78, 5) is 14.8. The summed E-state index contributed by atoms with van der Waals surface area (Å²) in [6, 6.07) is 4.52. The molecule has 1 saturated heterocycles. The SMILES string of the molecule is Cn1nnnc1CN1CCN(c2ccc(N3C[C@H](CO)OC3=O)cc2F)C=N1. The first-order chi connectivity index (χ1) is 13.5. The molecular formula is C16H19FN8O3. The van der Waals surface area contributed by atoms with Crippen LogP contribution in [0.25, 0.3) is 0 Å². The average molecular weight is 390 g/mol. The summed E-state index contributed by atoms with van der Waals surface area (Å²) in [6.07, 6.45) is 0.358. The van der Waals surface area contributed by atoms with Gasteiger partial charge in [-0.1, -0.05) is 0 Å². The molecule has 2 aliphatic heterocycles. The van der Waals surface area contributed by atoms with Crippen molar-refractivity contribution in [3.8, 4) is 0 Å². The van der Waals surface area contributed by atoms with E-state index in [-0.39, 0.29) is 13.2 Å². The Bertz CT molecular complexity index is 904. The zero-order valence-electron chi connectivity index (χ0n) is 15.1. The fourth-order valence-electron chi connectivity index (χ4n) is 3.05. The molecule has 12 heteroatoms. The van der Waals surface area contributed by atoms with Crippen LogP contribution in [-0.4, -0.2) is 75.1 Å². The van der Waals surface area contributed by atoms with Crippen LogP contribution >= 0.6 is 0 Å². The van der Waals surface area contributed by atoms with E-state index in [1.165, 1.54) is 11.0 Å². The summed E-state index contributed by atoms with van der Waals surface area (Å²) < 4.78 is 21.2. The number of halogens is 1. The number of nitrogens with zero attached hydrogens (tertiary/aromatic N) is 8. The highest BCUT2D eigenvalue weighted by Gasteiger charge is 2.32. The maximum Gasteiger partial charge on any atom is 0.414 e. The molecule has 0 saturated carbocycles. The smallest absolute Gasteiger partial charge is 0.414 e. The Balaban J connectivity index is 1.45. The second-order valence-corrected chi connectivity index (χ2v) is 6.47. The van der Waals surface area contributed by atoms with E-state index in [9.17, 15) is 9.18 Å². The van der Waals surface area contributed by atoms with Crippen LogP contribution in [0, 0.1) is 5.82 Å². The summed E-state index contributed by atoms with van der Waals surface area (Å²) in [5.74, 6) is 0.204. The van der Waals surface area contributed by atoms with Crippen molar-refractivity contribution >= 4 is 23.8 Å². The Hall–Kier alpha value is -3.28. The fourth-order valence-corrected chi connectivity index (χ4v) is 3.05. The Kier molecular flexibility index (Phi) is 4.77. The van der Waals surface area contributed by atoms with Gasteiger partial charge in [-0.05, 0) is 28.6 Å². The quantitative estimate of drug-likeness (QED) is 0.755. The number of aryl methyl sites for hydroxylation is 1. The van der Waals surface area contributed by atoms with Gasteiger partial charge in [-0.15, -0.1) is 5.10 Å². The highest BCUT2D eigenvalue weighted by molar-refractivity contribution is 5.90. The second-order valence-electron chi connectivity index (χ2n) is 6.47. The van der Waals surface area contributed by atoms with E-state index in [0.29, 0.717) is 36.8 Å². The molecule has 11 nitrogen and oxygen atoms in total. The monoisotopic (exact) mass is 390 g/mol. The minimum atomic E-state index is -0.598. The van der Waals surface area contributed by atoms with Gasteiger partial charge in [-0.2, -0.15) is 5.10 Å². The highest BCUT2D eigenvalue weighted by Crippen LogP contribution is 2.28.